The molecule has 0 amide bonds. The van der Waals surface area contributed by atoms with E-state index < -0.39 is 0 Å². The molecular weight excluding hydrogens is 893 g/mol. The van der Waals surface area contributed by atoms with E-state index in [-0.39, 0.29) is 58.3 Å². The molecule has 2 aliphatic heterocycles. The molecule has 6 heterocycles. The molecule has 0 bridgehead atoms. The Morgan fingerprint density at radius 3 is 1.14 bits per heavy atom. The van der Waals surface area contributed by atoms with Gasteiger partial charge in [0, 0.05) is 0 Å². The molecule has 0 saturated carbocycles. The van der Waals surface area contributed by atoms with Crippen LogP contribution in [0.15, 0.2) is 103 Å². The molecule has 0 radical (unpaired) electrons. The van der Waals surface area contributed by atoms with Gasteiger partial charge in [-0.2, -0.15) is 0 Å². The zero-order valence-corrected chi connectivity index (χ0v) is 42.0. The molecule has 0 spiro atoms. The van der Waals surface area contributed by atoms with Crippen LogP contribution in [0.25, 0.3) is 76.2 Å². The van der Waals surface area contributed by atoms with E-state index in [0.717, 1.165) is 0 Å². The van der Waals surface area contributed by atoms with E-state index in [2.05, 4.69) is 195 Å². The summed E-state index contributed by atoms with van der Waals surface area (Å²) in [5, 5.41) is 11.4. The predicted molar refractivity (Wildman–Crippen MR) is 278 cm³/mol. The molecule has 5 heteroatoms. The second kappa shape index (κ2) is 12.1. The van der Waals surface area contributed by atoms with Crippen molar-refractivity contribution < 1.29 is 0 Å². The number of benzene rings is 7. The number of rotatable bonds is 0. The number of nitrogens with zero attached hydrogens (tertiary/aromatic N) is 2. The Bertz CT molecular complexity index is 3590. The number of hydrogen-bond acceptors (Lipinski definition) is 0. The van der Waals surface area contributed by atoms with Crippen LogP contribution in [-0.4, -0.2) is 45.4 Å². The number of hydrogen-bond donors (Lipinski definition) is 0. The Balaban J connectivity index is 1.12. The van der Waals surface area contributed by atoms with Crippen LogP contribution in [0.3, 0.4) is 0 Å². The summed E-state index contributed by atoms with van der Waals surface area (Å²) in [5.41, 5.74) is 18.6. The van der Waals surface area contributed by atoms with E-state index in [1.165, 1.54) is 109 Å². The molecule has 2 aliphatic rings. The summed E-state index contributed by atoms with van der Waals surface area (Å²) < 4.78 is 11.5. The molecule has 0 unspecified atom stereocenters. The third kappa shape index (κ3) is 5.09. The molecule has 0 N–H and O–H groups in total. The maximum atomic E-state index is 2.62. The topological polar surface area (TPSA) is 8.82 Å². The van der Waals surface area contributed by atoms with Gasteiger partial charge in [-0.15, -0.1) is 0 Å². The molecule has 0 aliphatic carbocycles. The van der Waals surface area contributed by atoms with Crippen molar-refractivity contribution in [1.29, 1.82) is 0 Å². The van der Waals surface area contributed by atoms with Gasteiger partial charge in [-0.1, -0.05) is 0 Å². The summed E-state index contributed by atoms with van der Waals surface area (Å²) in [6.45, 7) is 28.5. The van der Waals surface area contributed by atoms with Crippen molar-refractivity contribution in [2.24, 2.45) is 0 Å². The molecule has 0 atom stereocenters. The van der Waals surface area contributed by atoms with E-state index in [0.29, 0.717) is 0 Å². The molecular formula is C58H53BN2Se2. The van der Waals surface area contributed by atoms with Gasteiger partial charge in [0.25, 0.3) is 0 Å². The third-order valence-corrected chi connectivity index (χ3v) is 20.0. The van der Waals surface area contributed by atoms with Crippen molar-refractivity contribution in [3.05, 3.63) is 125 Å². The molecule has 11 aromatic rings. The van der Waals surface area contributed by atoms with Gasteiger partial charge in [-0.05, 0) is 0 Å². The normalized spacial score (nSPS) is 14.8. The van der Waals surface area contributed by atoms with Crippen LogP contribution in [0.1, 0.15) is 105 Å². The summed E-state index contributed by atoms with van der Waals surface area (Å²) in [5.74, 6) is 0. The fraction of sp³-hybridized carbons (Fsp3) is 0.276. The summed E-state index contributed by atoms with van der Waals surface area (Å²) in [7, 11) is 0. The van der Waals surface area contributed by atoms with Crippen molar-refractivity contribution in [2.75, 3.05) is 0 Å². The van der Waals surface area contributed by atoms with E-state index in [4.69, 9.17) is 0 Å². The van der Waals surface area contributed by atoms with Gasteiger partial charge in [0.1, 0.15) is 0 Å². The monoisotopic (exact) mass is 948 g/mol. The SMILES string of the molecule is CC(C)(C)c1ccc2c(c1)c1cc(C(C)(C)C)cc3c4c5c(ccc4n2c13)B1c2ccc3c(c2[Se]c2cccc(c21)[Se]5)c1cc(C(C)(C)C)cc2c4cc(C(C)(C)C)ccc4n3c21. The van der Waals surface area contributed by atoms with Gasteiger partial charge >= 0.3 is 386 Å². The van der Waals surface area contributed by atoms with E-state index in [9.17, 15) is 0 Å². The van der Waals surface area contributed by atoms with Crippen molar-refractivity contribution in [1.82, 2.24) is 8.80 Å². The van der Waals surface area contributed by atoms with Crippen LogP contribution >= 0.6 is 0 Å². The molecule has 4 aromatic heterocycles. The molecule has 63 heavy (non-hydrogen) atoms. The summed E-state index contributed by atoms with van der Waals surface area (Å²) in [6, 6.07) is 42.1. The van der Waals surface area contributed by atoms with Crippen molar-refractivity contribution >= 4 is 147 Å². The first-order chi connectivity index (χ1) is 29.8. The van der Waals surface area contributed by atoms with Crippen LogP contribution in [0.2, 0.25) is 0 Å². The fourth-order valence-electron chi connectivity index (χ4n) is 11.4. The number of fused-ring (bicyclic) bond motifs is 18. The zero-order chi connectivity index (χ0) is 43.6. The van der Waals surface area contributed by atoms with Crippen LogP contribution in [0.4, 0.5) is 0 Å². The summed E-state index contributed by atoms with van der Waals surface area (Å²) in [4.78, 5) is 0. The van der Waals surface area contributed by atoms with Crippen LogP contribution in [0.5, 0.6) is 0 Å². The minimum atomic E-state index is 0.0185. The van der Waals surface area contributed by atoms with Gasteiger partial charge in [0.15, 0.2) is 0 Å². The second-order valence-corrected chi connectivity index (χ2v) is 27.5. The first-order valence-corrected chi connectivity index (χ1v) is 26.3. The molecule has 13 rings (SSSR count). The Labute approximate surface area is 383 Å². The first-order valence-electron chi connectivity index (χ1n) is 22.9. The van der Waals surface area contributed by atoms with Gasteiger partial charge < -0.3 is 0 Å². The fourth-order valence-corrected chi connectivity index (χ4v) is 17.3. The van der Waals surface area contributed by atoms with E-state index in [1.807, 2.05) is 0 Å². The maximum absolute atomic E-state index is 2.62. The van der Waals surface area contributed by atoms with Crippen molar-refractivity contribution in [2.45, 2.75) is 105 Å². The average molecular weight is 947 g/mol. The van der Waals surface area contributed by atoms with Gasteiger partial charge in [0.2, 0.25) is 0 Å². The van der Waals surface area contributed by atoms with Gasteiger partial charge in [-0.25, -0.2) is 0 Å². The van der Waals surface area contributed by atoms with E-state index >= 15 is 0 Å². The minimum absolute atomic E-state index is 0.0185. The summed E-state index contributed by atoms with van der Waals surface area (Å²) >= 11 is 0.346. The quantitative estimate of drug-likeness (QED) is 0.134. The second-order valence-electron chi connectivity index (χ2n) is 23.0. The standard InChI is InChI=1S/C58H53BN2Se2/c1-55(2,3)30-16-20-42-34(24-30)36-26-32(57(7,8)9)28-38-48-44(60(42)51(36)38)22-18-40-53(48)62-46-14-13-15-47-50(46)59(40)41-19-23-45-49(54(41)63-47)39-29-33(58(10,11)12)27-37-35-25-31(56(4,5)6)17-21-43(35)61(45)52(37)39/h13-29H,1-12H3. The van der Waals surface area contributed by atoms with Crippen LogP contribution < -0.4 is 34.2 Å². The molecule has 0 fully saturated rings. The molecule has 2 nitrogen and oxygen atoms in total. The Kier molecular flexibility index (Phi) is 7.44. The molecule has 7 aromatic carbocycles. The Morgan fingerprint density at radius 1 is 0.381 bits per heavy atom. The van der Waals surface area contributed by atoms with Crippen LogP contribution in [-0.2, 0) is 21.7 Å². The van der Waals surface area contributed by atoms with E-state index in [1.54, 1.807) is 23.3 Å². The van der Waals surface area contributed by atoms with Crippen molar-refractivity contribution in [3.8, 4) is 0 Å². The number of aromatic nitrogens is 2. The van der Waals surface area contributed by atoms with Crippen molar-refractivity contribution in [3.63, 3.8) is 0 Å². The Morgan fingerprint density at radius 2 is 0.746 bits per heavy atom. The predicted octanol–water partition coefficient (Wildman–Crippen LogP) is 9.63. The average Bonchev–Trinajstić information content (AvgIpc) is 3.95. The van der Waals surface area contributed by atoms with Gasteiger partial charge in [0.05, 0.1) is 0 Å². The summed E-state index contributed by atoms with van der Waals surface area (Å²) in [6.07, 6.45) is 0. The van der Waals surface area contributed by atoms with Crippen LogP contribution in [0, 0.1) is 0 Å². The van der Waals surface area contributed by atoms with Gasteiger partial charge in [-0.3, -0.25) is 0 Å². The molecule has 310 valence electrons. The molecule has 0 saturated heterocycles. The first kappa shape index (κ1) is 38.7. The third-order valence-electron chi connectivity index (χ3n) is 14.9. The Hall–Kier alpha value is -4.76. The zero-order valence-electron chi connectivity index (χ0n) is 38.6.